The molecule has 0 saturated carbocycles. The first kappa shape index (κ1) is 10.5. The van der Waals surface area contributed by atoms with Crippen LogP contribution in [0.5, 0.6) is 0 Å². The minimum atomic E-state index is -1.31. The van der Waals surface area contributed by atoms with Gasteiger partial charge in [-0.1, -0.05) is 0 Å². The molecule has 0 unspecified atom stereocenters. The molecule has 0 bridgehead atoms. The molecular weight excluding hydrogens is 216 g/mol. The van der Waals surface area contributed by atoms with Gasteiger partial charge >= 0.3 is 5.97 Å². The van der Waals surface area contributed by atoms with Gasteiger partial charge in [0.2, 0.25) is 0 Å². The maximum absolute atomic E-state index is 13.7. The number of halogens is 2. The average Bonchev–Trinajstić information content (AvgIpc) is 2.25. The Labute approximate surface area is 89.3 Å². The van der Waals surface area contributed by atoms with Crippen LogP contribution in [0.1, 0.15) is 15.9 Å². The lowest BCUT2D eigenvalue weighted by molar-refractivity contribution is 0.0698. The van der Waals surface area contributed by atoms with Crippen LogP contribution in [0.15, 0.2) is 18.3 Å². The minimum absolute atomic E-state index is 0.0560. The lowest BCUT2D eigenvalue weighted by Gasteiger charge is -2.06. The van der Waals surface area contributed by atoms with Crippen molar-refractivity contribution in [1.82, 2.24) is 4.98 Å². The first-order valence-electron chi connectivity index (χ1n) is 4.49. The van der Waals surface area contributed by atoms with Crippen LogP contribution < -0.4 is 0 Å². The van der Waals surface area contributed by atoms with E-state index >= 15 is 0 Å². The summed E-state index contributed by atoms with van der Waals surface area (Å²) in [6.45, 7) is 1.37. The van der Waals surface area contributed by atoms with Crippen molar-refractivity contribution in [2.75, 3.05) is 0 Å². The molecule has 1 N–H and O–H groups in total. The molecule has 2 rings (SSSR count). The Kier molecular flexibility index (Phi) is 2.30. The van der Waals surface area contributed by atoms with Crippen LogP contribution in [0.2, 0.25) is 0 Å². The van der Waals surface area contributed by atoms with Crippen LogP contribution in [0.3, 0.4) is 0 Å². The second kappa shape index (κ2) is 3.52. The molecule has 1 heterocycles. The van der Waals surface area contributed by atoms with Crippen LogP contribution in [-0.4, -0.2) is 16.1 Å². The van der Waals surface area contributed by atoms with E-state index < -0.39 is 17.6 Å². The van der Waals surface area contributed by atoms with E-state index in [1.165, 1.54) is 6.92 Å². The van der Waals surface area contributed by atoms with E-state index in [0.717, 1.165) is 18.3 Å². The summed E-state index contributed by atoms with van der Waals surface area (Å²) in [5, 5.41) is 8.59. The van der Waals surface area contributed by atoms with Gasteiger partial charge in [0.1, 0.15) is 17.2 Å². The number of aromatic nitrogens is 1. The monoisotopic (exact) mass is 223 g/mol. The molecule has 3 nitrogen and oxygen atoms in total. The van der Waals surface area contributed by atoms with Crippen molar-refractivity contribution in [1.29, 1.82) is 0 Å². The van der Waals surface area contributed by atoms with Crippen LogP contribution in [0, 0.1) is 18.6 Å². The molecule has 1 aromatic carbocycles. The molecule has 0 atom stereocenters. The van der Waals surface area contributed by atoms with Crippen molar-refractivity contribution in [3.05, 3.63) is 41.1 Å². The van der Waals surface area contributed by atoms with Gasteiger partial charge in [0.25, 0.3) is 0 Å². The number of hydrogen-bond acceptors (Lipinski definition) is 2. The van der Waals surface area contributed by atoms with Crippen LogP contribution in [0.4, 0.5) is 8.78 Å². The van der Waals surface area contributed by atoms with Gasteiger partial charge in [-0.2, -0.15) is 0 Å². The highest BCUT2D eigenvalue weighted by molar-refractivity contribution is 6.02. The van der Waals surface area contributed by atoms with Crippen molar-refractivity contribution >= 4 is 16.9 Å². The van der Waals surface area contributed by atoms with Gasteiger partial charge in [0, 0.05) is 6.20 Å². The number of benzene rings is 1. The molecule has 5 heteroatoms. The Morgan fingerprint density at radius 3 is 2.75 bits per heavy atom. The van der Waals surface area contributed by atoms with E-state index in [2.05, 4.69) is 4.98 Å². The standard InChI is InChI=1S/C11H7F2NO2/c1-5-4-7(12)10-8(9(5)13)6(11(15)16)2-3-14-10/h2-4H,1H3,(H,15,16). The fraction of sp³-hybridized carbons (Fsp3) is 0.0909. The highest BCUT2D eigenvalue weighted by atomic mass is 19.1. The second-order valence-electron chi connectivity index (χ2n) is 3.38. The van der Waals surface area contributed by atoms with Crippen molar-refractivity contribution in [3.63, 3.8) is 0 Å². The van der Waals surface area contributed by atoms with Crippen molar-refractivity contribution < 1.29 is 18.7 Å². The summed E-state index contributed by atoms with van der Waals surface area (Å²) in [6, 6.07) is 2.14. The number of rotatable bonds is 1. The highest BCUT2D eigenvalue weighted by Gasteiger charge is 2.17. The maximum atomic E-state index is 13.7. The predicted octanol–water partition coefficient (Wildman–Crippen LogP) is 2.52. The quantitative estimate of drug-likeness (QED) is 0.808. The summed E-state index contributed by atoms with van der Waals surface area (Å²) in [5.41, 5.74) is -0.492. The Bertz CT molecular complexity index is 596. The summed E-state index contributed by atoms with van der Waals surface area (Å²) >= 11 is 0. The first-order chi connectivity index (χ1) is 7.52. The van der Waals surface area contributed by atoms with E-state index in [9.17, 15) is 13.6 Å². The Morgan fingerprint density at radius 2 is 2.12 bits per heavy atom. The van der Waals surface area contributed by atoms with E-state index in [1.54, 1.807) is 0 Å². The van der Waals surface area contributed by atoms with Gasteiger partial charge in [0.05, 0.1) is 10.9 Å². The lowest BCUT2D eigenvalue weighted by atomic mass is 10.1. The van der Waals surface area contributed by atoms with Crippen molar-refractivity contribution in [2.45, 2.75) is 6.92 Å². The number of aryl methyl sites for hydroxylation is 1. The third-order valence-corrected chi connectivity index (χ3v) is 2.32. The number of hydrogen-bond donors (Lipinski definition) is 1. The molecule has 1 aromatic heterocycles. The number of carbonyl (C=O) groups is 1. The van der Waals surface area contributed by atoms with E-state index in [-0.39, 0.29) is 22.0 Å². The van der Waals surface area contributed by atoms with Crippen LogP contribution >= 0.6 is 0 Å². The molecule has 0 radical (unpaired) electrons. The molecule has 2 aromatic rings. The van der Waals surface area contributed by atoms with Crippen LogP contribution in [-0.2, 0) is 0 Å². The maximum Gasteiger partial charge on any atom is 0.336 e. The zero-order valence-electron chi connectivity index (χ0n) is 8.29. The average molecular weight is 223 g/mol. The number of pyridine rings is 1. The predicted molar refractivity (Wildman–Crippen MR) is 53.4 cm³/mol. The van der Waals surface area contributed by atoms with E-state index in [4.69, 9.17) is 5.11 Å². The minimum Gasteiger partial charge on any atom is -0.478 e. The third-order valence-electron chi connectivity index (χ3n) is 2.32. The highest BCUT2D eigenvalue weighted by Crippen LogP contribution is 2.25. The molecule has 0 aliphatic rings. The van der Waals surface area contributed by atoms with E-state index in [0.29, 0.717) is 0 Å². The van der Waals surface area contributed by atoms with Gasteiger partial charge in [-0.25, -0.2) is 13.6 Å². The normalized spacial score (nSPS) is 10.7. The fourth-order valence-corrected chi connectivity index (χ4v) is 1.56. The molecule has 0 spiro atoms. The largest absolute Gasteiger partial charge is 0.478 e. The van der Waals surface area contributed by atoms with Crippen LogP contribution in [0.25, 0.3) is 10.9 Å². The molecule has 0 amide bonds. The molecule has 0 aliphatic heterocycles. The number of fused-ring (bicyclic) bond motifs is 1. The number of nitrogens with zero attached hydrogens (tertiary/aromatic N) is 1. The topological polar surface area (TPSA) is 50.2 Å². The third kappa shape index (κ3) is 1.41. The second-order valence-corrected chi connectivity index (χ2v) is 3.38. The summed E-state index contributed by atoms with van der Waals surface area (Å²) in [5.74, 6) is -2.78. The number of carboxylic acids is 1. The fourth-order valence-electron chi connectivity index (χ4n) is 1.56. The Hall–Kier alpha value is -2.04. The first-order valence-corrected chi connectivity index (χ1v) is 4.49. The molecule has 0 aliphatic carbocycles. The van der Waals surface area contributed by atoms with Gasteiger partial charge < -0.3 is 5.11 Å². The smallest absolute Gasteiger partial charge is 0.336 e. The zero-order chi connectivity index (χ0) is 11.9. The Morgan fingerprint density at radius 1 is 1.44 bits per heavy atom. The molecule has 0 fully saturated rings. The molecule has 82 valence electrons. The van der Waals surface area contributed by atoms with Crippen molar-refractivity contribution in [2.24, 2.45) is 0 Å². The Balaban J connectivity index is 3.01. The van der Waals surface area contributed by atoms with Gasteiger partial charge in [0.15, 0.2) is 0 Å². The summed E-state index contributed by atoms with van der Waals surface area (Å²) in [7, 11) is 0. The van der Waals surface area contributed by atoms with E-state index in [1.807, 2.05) is 0 Å². The lowest BCUT2D eigenvalue weighted by Crippen LogP contribution is -2.02. The van der Waals surface area contributed by atoms with Gasteiger partial charge in [-0.15, -0.1) is 0 Å². The summed E-state index contributed by atoms with van der Waals surface area (Å²) < 4.78 is 27.2. The summed E-state index contributed by atoms with van der Waals surface area (Å²) in [4.78, 5) is 14.5. The zero-order valence-corrected chi connectivity index (χ0v) is 8.29. The number of aromatic carboxylic acids is 1. The SMILES string of the molecule is Cc1cc(F)c2nccc(C(=O)O)c2c1F. The summed E-state index contributed by atoms with van der Waals surface area (Å²) in [6.07, 6.45) is 1.14. The molecular formula is C11H7F2NO2. The number of carboxylic acid groups (broad SMARTS) is 1. The van der Waals surface area contributed by atoms with Gasteiger partial charge in [-0.05, 0) is 24.6 Å². The molecule has 0 saturated heterocycles. The molecule has 16 heavy (non-hydrogen) atoms. The van der Waals surface area contributed by atoms with Crippen molar-refractivity contribution in [3.8, 4) is 0 Å². The van der Waals surface area contributed by atoms with Gasteiger partial charge in [-0.3, -0.25) is 4.98 Å².